The highest BCUT2D eigenvalue weighted by atomic mass is 32.1. The van der Waals surface area contributed by atoms with Gasteiger partial charge in [-0.2, -0.15) is 13.2 Å². The molecule has 2 amide bonds. The summed E-state index contributed by atoms with van der Waals surface area (Å²) in [4.78, 5) is 30.2. The summed E-state index contributed by atoms with van der Waals surface area (Å²) < 4.78 is 38.6. The highest BCUT2D eigenvalue weighted by Gasteiger charge is 2.32. The van der Waals surface area contributed by atoms with Gasteiger partial charge in [0.05, 0.1) is 22.7 Å². The first-order valence-corrected chi connectivity index (χ1v) is 9.86. The summed E-state index contributed by atoms with van der Waals surface area (Å²) in [5.41, 5.74) is 2.30. The Labute approximate surface area is 164 Å². The molecular weight excluding hydrogens is 391 g/mol. The minimum Gasteiger partial charge on any atom is -0.355 e. The van der Waals surface area contributed by atoms with E-state index in [1.165, 1.54) is 22.3 Å². The van der Waals surface area contributed by atoms with E-state index >= 15 is 0 Å². The zero-order chi connectivity index (χ0) is 20.1. The monoisotopic (exact) mass is 411 g/mol. The molecule has 1 fully saturated rings. The number of benzene rings is 1. The molecule has 150 valence electrons. The van der Waals surface area contributed by atoms with E-state index in [-0.39, 0.29) is 37.2 Å². The van der Waals surface area contributed by atoms with Gasteiger partial charge >= 0.3 is 6.18 Å². The molecule has 1 aliphatic rings. The van der Waals surface area contributed by atoms with Crippen LogP contribution < -0.4 is 5.32 Å². The molecule has 28 heavy (non-hydrogen) atoms. The van der Waals surface area contributed by atoms with Crippen molar-refractivity contribution in [1.82, 2.24) is 15.2 Å². The fraction of sp³-hybridized carbons (Fsp3) is 0.421. The largest absolute Gasteiger partial charge is 0.416 e. The third-order valence-corrected chi connectivity index (χ3v) is 5.30. The van der Waals surface area contributed by atoms with Gasteiger partial charge in [-0.25, -0.2) is 4.98 Å². The lowest BCUT2D eigenvalue weighted by molar-refractivity contribution is -0.139. The fourth-order valence-corrected chi connectivity index (χ4v) is 3.76. The van der Waals surface area contributed by atoms with Gasteiger partial charge in [-0.1, -0.05) is 12.1 Å². The van der Waals surface area contributed by atoms with Crippen LogP contribution in [0.2, 0.25) is 0 Å². The summed E-state index contributed by atoms with van der Waals surface area (Å²) in [7, 11) is 0. The maximum atomic E-state index is 12.9. The van der Waals surface area contributed by atoms with Crippen molar-refractivity contribution in [3.05, 3.63) is 52.0 Å². The average molecular weight is 411 g/mol. The number of alkyl halides is 3. The van der Waals surface area contributed by atoms with E-state index in [1.54, 1.807) is 11.6 Å². The number of carbonyl (C=O) groups excluding carboxylic acids is 2. The van der Waals surface area contributed by atoms with Crippen LogP contribution in [0.4, 0.5) is 13.2 Å². The number of amides is 2. The smallest absolute Gasteiger partial charge is 0.355 e. The van der Waals surface area contributed by atoms with Gasteiger partial charge < -0.3 is 10.2 Å². The summed E-state index contributed by atoms with van der Waals surface area (Å²) in [5.74, 6) is -0.653. The van der Waals surface area contributed by atoms with E-state index in [0.29, 0.717) is 24.9 Å². The number of nitrogens with zero attached hydrogens (tertiary/aromatic N) is 2. The Morgan fingerprint density at radius 1 is 1.36 bits per heavy atom. The summed E-state index contributed by atoms with van der Waals surface area (Å²) >= 11 is 1.49. The number of carbonyl (C=O) groups is 2. The quantitative estimate of drug-likeness (QED) is 0.794. The molecule has 1 aliphatic heterocycles. The van der Waals surface area contributed by atoms with Gasteiger partial charge in [0.25, 0.3) is 0 Å². The van der Waals surface area contributed by atoms with Gasteiger partial charge in [0.1, 0.15) is 0 Å². The van der Waals surface area contributed by atoms with Crippen LogP contribution in [0.25, 0.3) is 0 Å². The highest BCUT2D eigenvalue weighted by molar-refractivity contribution is 7.07. The standard InChI is InChI=1S/C19H20F3N3O2S/c20-19(21,22)15-3-1-2-13(8-15)9-25-10-14(4-5-17(25)26)18(27)23-7-6-16-11-28-12-24-16/h1-3,8,11-12,14H,4-7,9-10H2,(H,23,27). The molecule has 1 aromatic heterocycles. The molecule has 0 bridgehead atoms. The predicted octanol–water partition coefficient (Wildman–Crippen LogP) is 3.26. The summed E-state index contributed by atoms with van der Waals surface area (Å²) in [5, 5.41) is 4.78. The number of likely N-dealkylation sites (tertiary alicyclic amines) is 1. The van der Waals surface area contributed by atoms with Gasteiger partial charge in [0.15, 0.2) is 0 Å². The predicted molar refractivity (Wildman–Crippen MR) is 98.4 cm³/mol. The third-order valence-electron chi connectivity index (χ3n) is 4.66. The maximum absolute atomic E-state index is 12.9. The second-order valence-corrected chi connectivity index (χ2v) is 7.45. The number of aromatic nitrogens is 1. The number of rotatable bonds is 6. The summed E-state index contributed by atoms with van der Waals surface area (Å²) in [6.45, 7) is 0.726. The molecule has 1 N–H and O–H groups in total. The lowest BCUT2D eigenvalue weighted by Crippen LogP contribution is -2.45. The SMILES string of the molecule is O=C(NCCc1cscn1)C1CCC(=O)N(Cc2cccc(C(F)(F)F)c2)C1. The Morgan fingerprint density at radius 2 is 2.18 bits per heavy atom. The van der Waals surface area contributed by atoms with Crippen LogP contribution >= 0.6 is 11.3 Å². The topological polar surface area (TPSA) is 62.3 Å². The lowest BCUT2D eigenvalue weighted by Gasteiger charge is -2.32. The van der Waals surface area contributed by atoms with Crippen LogP contribution in [-0.2, 0) is 28.7 Å². The van der Waals surface area contributed by atoms with Crippen LogP contribution in [0, 0.1) is 5.92 Å². The zero-order valence-electron chi connectivity index (χ0n) is 15.0. The Balaban J connectivity index is 1.56. The molecule has 1 atom stereocenters. The molecule has 1 unspecified atom stereocenters. The number of piperidine rings is 1. The van der Waals surface area contributed by atoms with Crippen molar-refractivity contribution in [3.63, 3.8) is 0 Å². The second-order valence-electron chi connectivity index (χ2n) is 6.73. The first-order chi connectivity index (χ1) is 13.3. The maximum Gasteiger partial charge on any atom is 0.416 e. The molecule has 2 heterocycles. The Bertz CT molecular complexity index is 824. The van der Waals surface area contributed by atoms with Crippen molar-refractivity contribution in [3.8, 4) is 0 Å². The average Bonchev–Trinajstić information content (AvgIpc) is 3.16. The van der Waals surface area contributed by atoms with Gasteiger partial charge in [0.2, 0.25) is 11.8 Å². The number of hydrogen-bond donors (Lipinski definition) is 1. The van der Waals surface area contributed by atoms with Crippen molar-refractivity contribution < 1.29 is 22.8 Å². The zero-order valence-corrected chi connectivity index (χ0v) is 15.9. The van der Waals surface area contributed by atoms with Crippen LogP contribution in [-0.4, -0.2) is 34.8 Å². The van der Waals surface area contributed by atoms with Gasteiger partial charge in [-0.15, -0.1) is 11.3 Å². The molecule has 0 spiro atoms. The van der Waals surface area contributed by atoms with Crippen LogP contribution in [0.3, 0.4) is 0 Å². The Morgan fingerprint density at radius 3 is 2.89 bits per heavy atom. The highest BCUT2D eigenvalue weighted by Crippen LogP contribution is 2.30. The number of nitrogens with one attached hydrogen (secondary N) is 1. The molecule has 0 saturated carbocycles. The lowest BCUT2D eigenvalue weighted by atomic mass is 9.96. The molecule has 2 aromatic rings. The molecule has 1 aromatic carbocycles. The molecule has 9 heteroatoms. The van der Waals surface area contributed by atoms with Crippen molar-refractivity contribution in [1.29, 1.82) is 0 Å². The van der Waals surface area contributed by atoms with E-state index in [0.717, 1.165) is 17.8 Å². The van der Waals surface area contributed by atoms with E-state index in [4.69, 9.17) is 0 Å². The van der Waals surface area contributed by atoms with E-state index in [2.05, 4.69) is 10.3 Å². The minimum atomic E-state index is -4.43. The van der Waals surface area contributed by atoms with Crippen LogP contribution in [0.15, 0.2) is 35.2 Å². The van der Waals surface area contributed by atoms with Crippen molar-refractivity contribution in [2.45, 2.75) is 32.0 Å². The molecule has 5 nitrogen and oxygen atoms in total. The first kappa shape index (κ1) is 20.3. The second kappa shape index (κ2) is 8.72. The van der Waals surface area contributed by atoms with E-state index in [9.17, 15) is 22.8 Å². The molecule has 0 aliphatic carbocycles. The van der Waals surface area contributed by atoms with Gasteiger partial charge in [-0.05, 0) is 24.1 Å². The third kappa shape index (κ3) is 5.31. The molecule has 1 saturated heterocycles. The normalized spacial score (nSPS) is 17.6. The van der Waals surface area contributed by atoms with Crippen molar-refractivity contribution in [2.24, 2.45) is 5.92 Å². The van der Waals surface area contributed by atoms with Gasteiger partial charge in [0, 0.05) is 37.9 Å². The Kier molecular flexibility index (Phi) is 6.33. The first-order valence-electron chi connectivity index (χ1n) is 8.91. The van der Waals surface area contributed by atoms with E-state index < -0.39 is 11.7 Å². The molecule has 3 rings (SSSR count). The molecular formula is C19H20F3N3O2S. The number of thiazole rings is 1. The Hall–Kier alpha value is -2.42. The van der Waals surface area contributed by atoms with Gasteiger partial charge in [-0.3, -0.25) is 9.59 Å². The van der Waals surface area contributed by atoms with Crippen molar-refractivity contribution >= 4 is 23.2 Å². The van der Waals surface area contributed by atoms with Crippen LogP contribution in [0.1, 0.15) is 29.7 Å². The van der Waals surface area contributed by atoms with Crippen molar-refractivity contribution in [2.75, 3.05) is 13.1 Å². The number of hydrogen-bond acceptors (Lipinski definition) is 4. The minimum absolute atomic E-state index is 0.0609. The van der Waals surface area contributed by atoms with E-state index in [1.807, 2.05) is 5.38 Å². The fourth-order valence-electron chi connectivity index (χ4n) is 3.17. The van der Waals surface area contributed by atoms with Crippen LogP contribution in [0.5, 0.6) is 0 Å². The summed E-state index contributed by atoms with van der Waals surface area (Å²) in [6, 6.07) is 4.93. The number of halogens is 3. The molecule has 0 radical (unpaired) electrons. The summed E-state index contributed by atoms with van der Waals surface area (Å²) in [6.07, 6.45) is -3.14.